The first-order chi connectivity index (χ1) is 14.2. The number of carbonyl (C=O) groups is 1. The van der Waals surface area contributed by atoms with Crippen LogP contribution >= 0.6 is 0 Å². The highest BCUT2D eigenvalue weighted by Crippen LogP contribution is 2.34. The Morgan fingerprint density at radius 3 is 2.14 bits per heavy atom. The molecule has 4 rings (SSSR count). The molecule has 0 spiro atoms. The maximum absolute atomic E-state index is 12.6. The lowest BCUT2D eigenvalue weighted by Gasteiger charge is -2.21. The van der Waals surface area contributed by atoms with Crippen molar-refractivity contribution in [1.29, 1.82) is 0 Å². The van der Waals surface area contributed by atoms with E-state index in [1.165, 1.54) is 0 Å². The van der Waals surface area contributed by atoms with Gasteiger partial charge in [-0.05, 0) is 35.7 Å². The minimum absolute atomic E-state index is 0.0519. The lowest BCUT2D eigenvalue weighted by Crippen LogP contribution is -2.37. The van der Waals surface area contributed by atoms with E-state index in [-0.39, 0.29) is 31.3 Å². The van der Waals surface area contributed by atoms with Crippen LogP contribution < -0.4 is 20.1 Å². The van der Waals surface area contributed by atoms with E-state index in [0.29, 0.717) is 0 Å². The van der Waals surface area contributed by atoms with Crippen molar-refractivity contribution in [1.82, 2.24) is 10.6 Å². The van der Waals surface area contributed by atoms with Gasteiger partial charge in [0, 0.05) is 0 Å². The smallest absolute Gasteiger partial charge is 0.234 e. The molecule has 0 aromatic heterocycles. The average molecular weight is 388 g/mol. The normalized spacial score (nSPS) is 13.3. The van der Waals surface area contributed by atoms with Crippen LogP contribution in [-0.2, 0) is 4.79 Å². The second-order valence-corrected chi connectivity index (χ2v) is 7.04. The summed E-state index contributed by atoms with van der Waals surface area (Å²) in [6.45, 7) is 2.41. The number of nitrogens with one attached hydrogen (secondary N) is 2. The molecule has 0 fully saturated rings. The fourth-order valence-electron chi connectivity index (χ4n) is 3.47. The minimum atomic E-state index is -0.134. The molecule has 1 heterocycles. The van der Waals surface area contributed by atoms with Crippen molar-refractivity contribution in [3.8, 4) is 11.5 Å². The number of amides is 1. The van der Waals surface area contributed by atoms with E-state index < -0.39 is 0 Å². The van der Waals surface area contributed by atoms with Crippen molar-refractivity contribution in [2.75, 3.05) is 13.3 Å². The van der Waals surface area contributed by atoms with E-state index in [1.54, 1.807) is 0 Å². The molecule has 1 aliphatic rings. The third kappa shape index (κ3) is 4.58. The summed E-state index contributed by atoms with van der Waals surface area (Å²) in [7, 11) is 0. The van der Waals surface area contributed by atoms with Gasteiger partial charge in [-0.3, -0.25) is 10.1 Å². The number of hydrogen-bond acceptors (Lipinski definition) is 4. The Hall–Kier alpha value is -3.31. The minimum Gasteiger partial charge on any atom is -0.454 e. The van der Waals surface area contributed by atoms with Gasteiger partial charge in [0.2, 0.25) is 12.7 Å². The zero-order chi connectivity index (χ0) is 20.1. The molecular formula is C24H24N2O3. The first kappa shape index (κ1) is 19.0. The van der Waals surface area contributed by atoms with Gasteiger partial charge in [0.05, 0.1) is 18.6 Å². The highest BCUT2D eigenvalue weighted by Gasteiger charge is 2.18. The van der Waals surface area contributed by atoms with Gasteiger partial charge in [0.25, 0.3) is 0 Å². The molecule has 148 valence electrons. The van der Waals surface area contributed by atoms with Crippen molar-refractivity contribution in [3.05, 3.63) is 95.6 Å². The molecule has 1 atom stereocenters. The lowest BCUT2D eigenvalue weighted by molar-refractivity contribution is -0.121. The van der Waals surface area contributed by atoms with Crippen LogP contribution in [0.5, 0.6) is 11.5 Å². The molecule has 5 heteroatoms. The molecule has 0 saturated heterocycles. The van der Waals surface area contributed by atoms with Crippen molar-refractivity contribution < 1.29 is 14.3 Å². The van der Waals surface area contributed by atoms with Crippen molar-refractivity contribution in [2.24, 2.45) is 0 Å². The summed E-state index contributed by atoms with van der Waals surface area (Å²) < 4.78 is 10.8. The molecule has 1 aliphatic heterocycles. The van der Waals surface area contributed by atoms with E-state index in [2.05, 4.69) is 34.9 Å². The Balaban J connectivity index is 1.40. The molecule has 5 nitrogen and oxygen atoms in total. The Labute approximate surface area is 170 Å². The fourth-order valence-corrected chi connectivity index (χ4v) is 3.47. The number of ether oxygens (including phenoxy) is 2. The standard InChI is InChI=1S/C24H24N2O3/c1-17(20-12-13-21-22(14-20)29-16-28-21)26-23(27)15-25-24(18-8-4-2-5-9-18)19-10-6-3-7-11-19/h2-14,17,24-25H,15-16H2,1H3,(H,26,27)/t17-/m0/s1. The largest absolute Gasteiger partial charge is 0.454 e. The van der Waals surface area contributed by atoms with Crippen LogP contribution in [-0.4, -0.2) is 19.2 Å². The van der Waals surface area contributed by atoms with Crippen LogP contribution in [0.1, 0.15) is 35.7 Å². The van der Waals surface area contributed by atoms with Crippen molar-refractivity contribution in [3.63, 3.8) is 0 Å². The highest BCUT2D eigenvalue weighted by atomic mass is 16.7. The van der Waals surface area contributed by atoms with Crippen LogP contribution in [0.2, 0.25) is 0 Å². The van der Waals surface area contributed by atoms with E-state index >= 15 is 0 Å². The van der Waals surface area contributed by atoms with Gasteiger partial charge in [-0.2, -0.15) is 0 Å². The number of rotatable bonds is 7. The van der Waals surface area contributed by atoms with Gasteiger partial charge >= 0.3 is 0 Å². The summed E-state index contributed by atoms with van der Waals surface area (Å²) in [5.41, 5.74) is 3.22. The topological polar surface area (TPSA) is 59.6 Å². The van der Waals surface area contributed by atoms with E-state index in [4.69, 9.17) is 9.47 Å². The van der Waals surface area contributed by atoms with Crippen LogP contribution in [0.15, 0.2) is 78.9 Å². The first-order valence-electron chi connectivity index (χ1n) is 9.73. The van der Waals surface area contributed by atoms with Gasteiger partial charge in [-0.25, -0.2) is 0 Å². The SMILES string of the molecule is C[C@H](NC(=O)CNC(c1ccccc1)c1ccccc1)c1ccc2c(c1)OCO2. The van der Waals surface area contributed by atoms with Crippen LogP contribution in [0.4, 0.5) is 0 Å². The molecule has 0 radical (unpaired) electrons. The van der Waals surface area contributed by atoms with Crippen molar-refractivity contribution in [2.45, 2.75) is 19.0 Å². The fraction of sp³-hybridized carbons (Fsp3) is 0.208. The molecule has 0 bridgehead atoms. The summed E-state index contributed by atoms with van der Waals surface area (Å²) >= 11 is 0. The number of benzene rings is 3. The van der Waals surface area contributed by atoms with Gasteiger partial charge < -0.3 is 14.8 Å². The monoisotopic (exact) mass is 388 g/mol. The molecule has 3 aromatic rings. The van der Waals surface area contributed by atoms with Gasteiger partial charge in [-0.1, -0.05) is 66.7 Å². The zero-order valence-electron chi connectivity index (χ0n) is 16.3. The summed E-state index contributed by atoms with van der Waals surface area (Å²) in [5.74, 6) is 1.39. The maximum Gasteiger partial charge on any atom is 0.234 e. The highest BCUT2D eigenvalue weighted by molar-refractivity contribution is 5.78. The Morgan fingerprint density at radius 1 is 0.862 bits per heavy atom. The molecule has 2 N–H and O–H groups in total. The molecule has 3 aromatic carbocycles. The second-order valence-electron chi connectivity index (χ2n) is 7.04. The van der Waals surface area contributed by atoms with Gasteiger partial charge in [0.1, 0.15) is 0 Å². The number of carbonyl (C=O) groups excluding carboxylic acids is 1. The quantitative estimate of drug-likeness (QED) is 0.643. The second kappa shape index (κ2) is 8.80. The Morgan fingerprint density at radius 2 is 1.48 bits per heavy atom. The predicted octanol–water partition coefficient (Wildman–Crippen LogP) is 3.97. The predicted molar refractivity (Wildman–Crippen MR) is 112 cm³/mol. The van der Waals surface area contributed by atoms with Gasteiger partial charge in [-0.15, -0.1) is 0 Å². The molecule has 29 heavy (non-hydrogen) atoms. The molecule has 1 amide bonds. The third-order valence-electron chi connectivity index (χ3n) is 5.01. The zero-order valence-corrected chi connectivity index (χ0v) is 16.3. The van der Waals surface area contributed by atoms with Crippen LogP contribution in [0, 0.1) is 0 Å². The molecular weight excluding hydrogens is 364 g/mol. The molecule has 0 unspecified atom stereocenters. The lowest BCUT2D eigenvalue weighted by atomic mass is 9.99. The Bertz CT molecular complexity index is 921. The van der Waals surface area contributed by atoms with Crippen LogP contribution in [0.25, 0.3) is 0 Å². The molecule has 0 aliphatic carbocycles. The van der Waals surface area contributed by atoms with E-state index in [0.717, 1.165) is 28.2 Å². The summed E-state index contributed by atoms with van der Waals surface area (Å²) in [6, 6.07) is 25.8. The summed E-state index contributed by atoms with van der Waals surface area (Å²) in [6.07, 6.45) is 0. The number of fused-ring (bicyclic) bond motifs is 1. The Kier molecular flexibility index (Phi) is 5.77. The number of hydrogen-bond donors (Lipinski definition) is 2. The third-order valence-corrected chi connectivity index (χ3v) is 5.01. The van der Waals surface area contributed by atoms with Gasteiger partial charge in [0.15, 0.2) is 11.5 Å². The van der Waals surface area contributed by atoms with E-state index in [1.807, 2.05) is 61.5 Å². The van der Waals surface area contributed by atoms with Crippen LogP contribution in [0.3, 0.4) is 0 Å². The first-order valence-corrected chi connectivity index (χ1v) is 9.73. The average Bonchev–Trinajstić information content (AvgIpc) is 3.23. The van der Waals surface area contributed by atoms with E-state index in [9.17, 15) is 4.79 Å². The summed E-state index contributed by atoms with van der Waals surface area (Å²) in [5, 5.41) is 6.44. The molecule has 0 saturated carbocycles. The maximum atomic E-state index is 12.6. The summed E-state index contributed by atoms with van der Waals surface area (Å²) in [4.78, 5) is 12.6. The van der Waals surface area contributed by atoms with Crippen molar-refractivity contribution >= 4 is 5.91 Å².